The Morgan fingerprint density at radius 3 is 2.83 bits per heavy atom. The van der Waals surface area contributed by atoms with Crippen molar-refractivity contribution < 1.29 is 18.3 Å². The predicted octanol–water partition coefficient (Wildman–Crippen LogP) is 0.193. The average molecular weight is 297 g/mol. The minimum Gasteiger partial charge on any atom is -0.389 e. The van der Waals surface area contributed by atoms with Crippen molar-refractivity contribution in [2.45, 2.75) is 25.3 Å². The number of ether oxygens (including phenoxy) is 1. The van der Waals surface area contributed by atoms with Gasteiger partial charge in [-0.3, -0.25) is 4.90 Å². The molecule has 1 heterocycles. The first-order valence-corrected chi connectivity index (χ1v) is 9.17. The molecule has 0 aliphatic carbocycles. The Morgan fingerprint density at radius 1 is 1.50 bits per heavy atom. The maximum absolute atomic E-state index is 12.0. The number of aliphatic hydroxyl groups is 1. The summed E-state index contributed by atoms with van der Waals surface area (Å²) in [6.45, 7) is 5.43. The van der Waals surface area contributed by atoms with Crippen molar-refractivity contribution in [2.24, 2.45) is 0 Å². The van der Waals surface area contributed by atoms with Gasteiger partial charge in [0.15, 0.2) is 9.84 Å². The highest BCUT2D eigenvalue weighted by molar-refractivity contribution is 8.01. The van der Waals surface area contributed by atoms with Gasteiger partial charge in [-0.05, 0) is 6.92 Å². The minimum atomic E-state index is -3.08. The van der Waals surface area contributed by atoms with Crippen LogP contribution in [0.2, 0.25) is 0 Å². The van der Waals surface area contributed by atoms with Crippen LogP contribution < -0.4 is 0 Å². The van der Waals surface area contributed by atoms with Gasteiger partial charge in [0.1, 0.15) is 5.37 Å². The van der Waals surface area contributed by atoms with Crippen LogP contribution in [-0.4, -0.2) is 73.5 Å². The predicted molar refractivity (Wildman–Crippen MR) is 74.6 cm³/mol. The zero-order valence-corrected chi connectivity index (χ0v) is 12.7. The number of sulfone groups is 1. The summed E-state index contributed by atoms with van der Waals surface area (Å²) in [6.07, 6.45) is -0.623. The van der Waals surface area contributed by atoms with Gasteiger partial charge in [0.25, 0.3) is 0 Å². The fraction of sp³-hybridized carbons (Fsp3) is 1.00. The van der Waals surface area contributed by atoms with Crippen molar-refractivity contribution in [3.05, 3.63) is 0 Å². The van der Waals surface area contributed by atoms with E-state index in [4.69, 9.17) is 4.74 Å². The summed E-state index contributed by atoms with van der Waals surface area (Å²) < 4.78 is 29.1. The number of nitrogens with zero attached hydrogens (tertiary/aromatic N) is 1. The molecule has 18 heavy (non-hydrogen) atoms. The van der Waals surface area contributed by atoms with E-state index in [2.05, 4.69) is 0 Å². The van der Waals surface area contributed by atoms with Gasteiger partial charge in [-0.2, -0.15) is 11.8 Å². The van der Waals surface area contributed by atoms with Crippen LogP contribution in [0.5, 0.6) is 0 Å². The molecule has 0 aromatic heterocycles. The van der Waals surface area contributed by atoms with Gasteiger partial charge < -0.3 is 9.84 Å². The molecular formula is C11H23NO4S2. The Balaban J connectivity index is 2.60. The zero-order chi connectivity index (χ0) is 13.6. The molecule has 1 N–H and O–H groups in total. The number of hydrogen-bond donors (Lipinski definition) is 1. The summed E-state index contributed by atoms with van der Waals surface area (Å²) in [5.74, 6) is 1.66. The van der Waals surface area contributed by atoms with Crippen LogP contribution in [0.15, 0.2) is 0 Å². The van der Waals surface area contributed by atoms with Crippen molar-refractivity contribution in [1.29, 1.82) is 0 Å². The van der Waals surface area contributed by atoms with Crippen LogP contribution in [0.25, 0.3) is 0 Å². The molecule has 0 bridgehead atoms. The van der Waals surface area contributed by atoms with E-state index in [1.54, 1.807) is 18.7 Å². The fourth-order valence-electron chi connectivity index (χ4n) is 1.92. The van der Waals surface area contributed by atoms with Gasteiger partial charge in [-0.15, -0.1) is 0 Å². The first-order chi connectivity index (χ1) is 8.51. The summed E-state index contributed by atoms with van der Waals surface area (Å²) in [5, 5.41) is 9.36. The molecule has 0 radical (unpaired) electrons. The molecule has 2 atom stereocenters. The van der Waals surface area contributed by atoms with E-state index in [0.29, 0.717) is 25.4 Å². The molecule has 108 valence electrons. The maximum atomic E-state index is 12.0. The molecule has 1 fully saturated rings. The van der Waals surface area contributed by atoms with Crippen LogP contribution in [0, 0.1) is 0 Å². The Hall–Kier alpha value is 0.180. The second-order valence-corrected chi connectivity index (χ2v) is 7.89. The first-order valence-electron chi connectivity index (χ1n) is 6.30. The molecule has 1 aliphatic heterocycles. The third-order valence-corrected chi connectivity index (χ3v) is 6.30. The molecule has 0 aromatic rings. The normalized spacial score (nSPS) is 24.1. The van der Waals surface area contributed by atoms with E-state index >= 15 is 0 Å². The number of rotatable bonds is 7. The van der Waals surface area contributed by atoms with Crippen molar-refractivity contribution in [2.75, 3.05) is 43.6 Å². The maximum Gasteiger partial charge on any atom is 0.166 e. The lowest BCUT2D eigenvalue weighted by atomic mass is 10.3. The van der Waals surface area contributed by atoms with Gasteiger partial charge >= 0.3 is 0 Å². The van der Waals surface area contributed by atoms with Crippen molar-refractivity contribution >= 4 is 21.6 Å². The molecule has 0 aromatic carbocycles. The third-order valence-electron chi connectivity index (χ3n) is 2.97. The molecule has 0 saturated carbocycles. The summed E-state index contributed by atoms with van der Waals surface area (Å²) >= 11 is 1.66. The number of aliphatic hydroxyl groups excluding tert-OH is 1. The van der Waals surface area contributed by atoms with E-state index in [9.17, 15) is 13.5 Å². The Morgan fingerprint density at radius 2 is 2.22 bits per heavy atom. The largest absolute Gasteiger partial charge is 0.389 e. The van der Waals surface area contributed by atoms with E-state index in [1.807, 2.05) is 11.8 Å². The second kappa shape index (κ2) is 7.69. The van der Waals surface area contributed by atoms with Crippen LogP contribution in [0.1, 0.15) is 13.8 Å². The van der Waals surface area contributed by atoms with E-state index in [-0.39, 0.29) is 12.4 Å². The van der Waals surface area contributed by atoms with Crippen molar-refractivity contribution in [3.8, 4) is 0 Å². The topological polar surface area (TPSA) is 66.8 Å². The molecule has 0 amide bonds. The lowest BCUT2D eigenvalue weighted by Gasteiger charge is -2.35. The van der Waals surface area contributed by atoms with Crippen molar-refractivity contribution in [3.63, 3.8) is 0 Å². The lowest BCUT2D eigenvalue weighted by molar-refractivity contribution is 0.0204. The Labute approximate surface area is 114 Å². The standard InChI is InChI=1S/C11H23NO4S2/c1-3-16-8-10(13)7-12-5-6-17-9-11(12)18(14,15)4-2/h10-11,13H,3-9H2,1-2H3. The summed E-state index contributed by atoms with van der Waals surface area (Å²) in [7, 11) is -3.08. The quantitative estimate of drug-likeness (QED) is 0.724. The summed E-state index contributed by atoms with van der Waals surface area (Å²) in [4.78, 5) is 1.87. The summed E-state index contributed by atoms with van der Waals surface area (Å²) in [6, 6.07) is 0. The van der Waals surface area contributed by atoms with Gasteiger partial charge in [0.2, 0.25) is 0 Å². The monoisotopic (exact) mass is 297 g/mol. The van der Waals surface area contributed by atoms with Crippen LogP contribution in [0.4, 0.5) is 0 Å². The number of hydrogen-bond acceptors (Lipinski definition) is 6. The molecule has 7 heteroatoms. The fourth-order valence-corrected chi connectivity index (χ4v) is 5.02. The highest BCUT2D eigenvalue weighted by Gasteiger charge is 2.33. The average Bonchev–Trinajstić information content (AvgIpc) is 2.37. The van der Waals surface area contributed by atoms with Crippen LogP contribution in [0.3, 0.4) is 0 Å². The second-order valence-electron chi connectivity index (χ2n) is 4.29. The molecule has 0 spiro atoms. The van der Waals surface area contributed by atoms with E-state index in [0.717, 1.165) is 5.75 Å². The number of thioether (sulfide) groups is 1. The van der Waals surface area contributed by atoms with Gasteiger partial charge in [-0.25, -0.2) is 8.42 Å². The summed E-state index contributed by atoms with van der Waals surface area (Å²) in [5.41, 5.74) is 0. The molecule has 1 rings (SSSR count). The smallest absolute Gasteiger partial charge is 0.166 e. The Bertz CT molecular complexity index is 334. The van der Waals surface area contributed by atoms with E-state index < -0.39 is 21.3 Å². The third kappa shape index (κ3) is 4.70. The Kier molecular flexibility index (Phi) is 6.94. The van der Waals surface area contributed by atoms with Crippen LogP contribution in [-0.2, 0) is 14.6 Å². The van der Waals surface area contributed by atoms with Gasteiger partial charge in [0, 0.05) is 37.0 Å². The molecule has 1 aliphatic rings. The highest BCUT2D eigenvalue weighted by atomic mass is 32.2. The zero-order valence-electron chi connectivity index (χ0n) is 11.0. The van der Waals surface area contributed by atoms with E-state index in [1.165, 1.54) is 0 Å². The number of β-amino-alcohol motifs (C(OH)–C–C–N with tert-alkyl or cyclic N) is 1. The molecular weight excluding hydrogens is 274 g/mol. The van der Waals surface area contributed by atoms with Gasteiger partial charge in [-0.1, -0.05) is 6.92 Å². The van der Waals surface area contributed by atoms with Crippen molar-refractivity contribution in [1.82, 2.24) is 4.90 Å². The lowest BCUT2D eigenvalue weighted by Crippen LogP contribution is -2.51. The molecule has 5 nitrogen and oxygen atoms in total. The SMILES string of the molecule is CCOCC(O)CN1CCSCC1S(=O)(=O)CC. The first kappa shape index (κ1) is 16.2. The molecule has 2 unspecified atom stereocenters. The molecule has 1 saturated heterocycles. The van der Waals surface area contributed by atoms with Crippen LogP contribution >= 0.6 is 11.8 Å². The minimum absolute atomic E-state index is 0.149. The highest BCUT2D eigenvalue weighted by Crippen LogP contribution is 2.21. The van der Waals surface area contributed by atoms with Gasteiger partial charge in [0.05, 0.1) is 12.7 Å².